The van der Waals surface area contributed by atoms with Gasteiger partial charge in [-0.3, -0.25) is 0 Å². The molecule has 21 heavy (non-hydrogen) atoms. The van der Waals surface area contributed by atoms with Crippen LogP contribution in [-0.2, 0) is 0 Å². The molecule has 5 nitrogen and oxygen atoms in total. The number of hydrogen-bond acceptors (Lipinski definition) is 3. The van der Waals surface area contributed by atoms with E-state index < -0.39 is 11.9 Å². The molecule has 1 saturated carbocycles. The van der Waals surface area contributed by atoms with E-state index in [1.165, 1.54) is 56.4 Å². The number of carboxylic acids is 2. The second kappa shape index (κ2) is 8.42. The van der Waals surface area contributed by atoms with Gasteiger partial charge in [-0.1, -0.05) is 31.4 Å². The van der Waals surface area contributed by atoms with E-state index in [1.54, 1.807) is 0 Å². The van der Waals surface area contributed by atoms with Gasteiger partial charge in [0, 0.05) is 6.04 Å². The number of nitrogens with zero attached hydrogens (tertiary/aromatic N) is 1. The number of hydrogen-bond donors (Lipinski definition) is 2. The second-order valence-electron chi connectivity index (χ2n) is 5.41. The van der Waals surface area contributed by atoms with Crippen LogP contribution in [0, 0.1) is 0 Å². The molecule has 0 heterocycles. The van der Waals surface area contributed by atoms with Crippen molar-refractivity contribution in [1.29, 1.82) is 0 Å². The van der Waals surface area contributed by atoms with Gasteiger partial charge < -0.3 is 15.1 Å². The molecule has 1 aliphatic rings. The van der Waals surface area contributed by atoms with E-state index in [4.69, 9.17) is 10.2 Å². The molecule has 0 saturated heterocycles. The lowest BCUT2D eigenvalue weighted by molar-refractivity contribution is 0.0651. The van der Waals surface area contributed by atoms with Crippen molar-refractivity contribution >= 4 is 11.9 Å². The summed E-state index contributed by atoms with van der Waals surface area (Å²) in [7, 11) is 4.38. The van der Waals surface area contributed by atoms with Gasteiger partial charge in [0.15, 0.2) is 0 Å². The van der Waals surface area contributed by atoms with Crippen LogP contribution in [-0.4, -0.2) is 47.2 Å². The first-order valence-corrected chi connectivity index (χ1v) is 7.15. The lowest BCUT2D eigenvalue weighted by Crippen LogP contribution is -2.29. The van der Waals surface area contributed by atoms with Crippen molar-refractivity contribution < 1.29 is 19.8 Å². The summed E-state index contributed by atoms with van der Waals surface area (Å²) in [5, 5.41) is 17.1. The summed E-state index contributed by atoms with van der Waals surface area (Å²) in [5.41, 5.74) is -0.380. The van der Waals surface area contributed by atoms with E-state index in [1.807, 2.05) is 0 Å². The average molecular weight is 293 g/mol. The fourth-order valence-electron chi connectivity index (χ4n) is 2.45. The van der Waals surface area contributed by atoms with Crippen LogP contribution in [0.15, 0.2) is 24.3 Å². The zero-order valence-corrected chi connectivity index (χ0v) is 12.6. The first-order chi connectivity index (χ1) is 9.93. The normalized spacial score (nSPS) is 15.2. The molecule has 0 bridgehead atoms. The maximum Gasteiger partial charge on any atom is 0.336 e. The highest BCUT2D eigenvalue weighted by Crippen LogP contribution is 2.20. The number of aromatic carboxylic acids is 2. The summed E-state index contributed by atoms with van der Waals surface area (Å²) in [6.07, 6.45) is 7.20. The number of carbonyl (C=O) groups is 2. The molecule has 0 atom stereocenters. The minimum atomic E-state index is -1.23. The van der Waals surface area contributed by atoms with E-state index in [0.29, 0.717) is 0 Å². The van der Waals surface area contributed by atoms with Crippen molar-refractivity contribution in [2.24, 2.45) is 0 Å². The number of carboxylic acid groups (broad SMARTS) is 2. The van der Waals surface area contributed by atoms with Gasteiger partial charge in [-0.05, 0) is 39.1 Å². The average Bonchev–Trinajstić information content (AvgIpc) is 2.48. The zero-order valence-electron chi connectivity index (χ0n) is 12.6. The molecule has 1 fully saturated rings. The van der Waals surface area contributed by atoms with E-state index >= 15 is 0 Å². The molecule has 0 amide bonds. The van der Waals surface area contributed by atoms with Gasteiger partial charge in [-0.15, -0.1) is 0 Å². The molecule has 1 aromatic rings. The maximum atomic E-state index is 10.5. The van der Waals surface area contributed by atoms with Gasteiger partial charge in [0.1, 0.15) is 0 Å². The van der Waals surface area contributed by atoms with Crippen LogP contribution in [0.1, 0.15) is 52.8 Å². The Hall–Kier alpha value is -1.88. The molecular formula is C16H23NO4. The monoisotopic (exact) mass is 293 g/mol. The molecule has 2 N–H and O–H groups in total. The minimum Gasteiger partial charge on any atom is -0.478 e. The highest BCUT2D eigenvalue weighted by atomic mass is 16.4. The number of benzene rings is 1. The van der Waals surface area contributed by atoms with Gasteiger partial charge in [0.2, 0.25) is 0 Å². The Bertz CT molecular complexity index is 446. The predicted octanol–water partition coefficient (Wildman–Crippen LogP) is 2.96. The van der Waals surface area contributed by atoms with Crippen molar-refractivity contribution in [3.8, 4) is 0 Å². The Morgan fingerprint density at radius 1 is 0.952 bits per heavy atom. The predicted molar refractivity (Wildman–Crippen MR) is 80.9 cm³/mol. The lowest BCUT2D eigenvalue weighted by atomic mass is 9.95. The van der Waals surface area contributed by atoms with E-state index in [2.05, 4.69) is 19.0 Å². The fourth-order valence-corrected chi connectivity index (χ4v) is 2.45. The van der Waals surface area contributed by atoms with Crippen LogP contribution in [0.2, 0.25) is 0 Å². The van der Waals surface area contributed by atoms with Crippen molar-refractivity contribution in [1.82, 2.24) is 4.90 Å². The van der Waals surface area contributed by atoms with E-state index in [-0.39, 0.29) is 11.1 Å². The molecule has 5 heteroatoms. The standard InChI is InChI=1S/C8H17N.C8H6O4/c1-9(2)8-6-4-3-5-7-8;9-7(10)5-3-1-2-4-6(5)8(11)12/h8H,3-7H2,1-2H3;1-4H,(H,9,10)(H,11,12). The third kappa shape index (κ3) is 5.55. The van der Waals surface area contributed by atoms with Gasteiger partial charge in [-0.2, -0.15) is 0 Å². The molecule has 116 valence electrons. The summed E-state index contributed by atoms with van der Waals surface area (Å²) in [6, 6.07) is 6.36. The Balaban J connectivity index is 0.000000219. The minimum absolute atomic E-state index is 0.190. The Labute approximate surface area is 125 Å². The molecule has 0 unspecified atom stereocenters. The zero-order chi connectivity index (χ0) is 15.8. The summed E-state index contributed by atoms with van der Waals surface area (Å²) in [5.74, 6) is -2.46. The topological polar surface area (TPSA) is 77.8 Å². The smallest absolute Gasteiger partial charge is 0.336 e. The summed E-state index contributed by atoms with van der Waals surface area (Å²) in [4.78, 5) is 23.3. The molecule has 0 radical (unpaired) electrons. The number of rotatable bonds is 3. The largest absolute Gasteiger partial charge is 0.478 e. The molecule has 1 aliphatic carbocycles. The van der Waals surface area contributed by atoms with Crippen LogP contribution < -0.4 is 0 Å². The van der Waals surface area contributed by atoms with Gasteiger partial charge in [0.05, 0.1) is 11.1 Å². The Morgan fingerprint density at radius 3 is 1.67 bits per heavy atom. The van der Waals surface area contributed by atoms with Crippen molar-refractivity contribution in [3.63, 3.8) is 0 Å². The Kier molecular flexibility index (Phi) is 6.88. The van der Waals surface area contributed by atoms with Crippen LogP contribution in [0.3, 0.4) is 0 Å². The van der Waals surface area contributed by atoms with Crippen molar-refractivity contribution in [2.45, 2.75) is 38.1 Å². The molecule has 0 aliphatic heterocycles. The maximum absolute atomic E-state index is 10.5. The summed E-state index contributed by atoms with van der Waals surface area (Å²) >= 11 is 0. The highest BCUT2D eigenvalue weighted by Gasteiger charge is 2.14. The first-order valence-electron chi connectivity index (χ1n) is 7.15. The van der Waals surface area contributed by atoms with Gasteiger partial charge in [0.25, 0.3) is 0 Å². The van der Waals surface area contributed by atoms with Crippen LogP contribution >= 0.6 is 0 Å². The third-order valence-corrected chi connectivity index (χ3v) is 3.69. The molecule has 0 aromatic heterocycles. The van der Waals surface area contributed by atoms with Crippen LogP contribution in [0.4, 0.5) is 0 Å². The SMILES string of the molecule is CN(C)C1CCCCC1.O=C(O)c1ccccc1C(=O)O. The van der Waals surface area contributed by atoms with Crippen LogP contribution in [0.5, 0.6) is 0 Å². The van der Waals surface area contributed by atoms with Gasteiger partial charge >= 0.3 is 11.9 Å². The highest BCUT2D eigenvalue weighted by molar-refractivity contribution is 6.01. The van der Waals surface area contributed by atoms with Crippen LogP contribution in [0.25, 0.3) is 0 Å². The fraction of sp³-hybridized carbons (Fsp3) is 0.500. The van der Waals surface area contributed by atoms with E-state index in [9.17, 15) is 9.59 Å². The second-order valence-corrected chi connectivity index (χ2v) is 5.41. The quantitative estimate of drug-likeness (QED) is 0.896. The van der Waals surface area contributed by atoms with Crippen molar-refractivity contribution in [2.75, 3.05) is 14.1 Å². The first kappa shape index (κ1) is 17.2. The van der Waals surface area contributed by atoms with Gasteiger partial charge in [-0.25, -0.2) is 9.59 Å². The summed E-state index contributed by atoms with van der Waals surface area (Å²) < 4.78 is 0. The van der Waals surface area contributed by atoms with Crippen molar-refractivity contribution in [3.05, 3.63) is 35.4 Å². The lowest BCUT2D eigenvalue weighted by Gasteiger charge is -2.27. The third-order valence-electron chi connectivity index (χ3n) is 3.69. The molecular weight excluding hydrogens is 270 g/mol. The summed E-state index contributed by atoms with van der Waals surface area (Å²) in [6.45, 7) is 0. The van der Waals surface area contributed by atoms with E-state index in [0.717, 1.165) is 6.04 Å². The molecule has 2 rings (SSSR count). The molecule has 0 spiro atoms. The molecule has 1 aromatic carbocycles. The Morgan fingerprint density at radius 2 is 1.38 bits per heavy atom.